The number of aliphatic hydroxyl groups is 1. The highest BCUT2D eigenvalue weighted by atomic mass is 16.4. The van der Waals surface area contributed by atoms with Crippen LogP contribution in [0.3, 0.4) is 0 Å². The Kier molecular flexibility index (Phi) is 10.3. The number of aromatic nitrogens is 2. The number of aryl methyl sites for hydroxylation is 1. The normalized spacial score (nSPS) is 10.2. The number of carboxylic acid groups (broad SMARTS) is 3. The minimum Gasteiger partial charge on any atom is -0.483 e. The van der Waals surface area contributed by atoms with Gasteiger partial charge in [-0.2, -0.15) is 0 Å². The highest BCUT2D eigenvalue weighted by Gasteiger charge is 2.14. The molecule has 0 aliphatic carbocycles. The Morgan fingerprint density at radius 3 is 1.43 bits per heavy atom. The molecule has 0 amide bonds. The number of carbonyl (C=O) groups is 4. The van der Waals surface area contributed by atoms with Crippen molar-refractivity contribution >= 4 is 46.5 Å². The number of benzene rings is 4. The van der Waals surface area contributed by atoms with Crippen molar-refractivity contribution in [3.63, 3.8) is 0 Å². The minimum absolute atomic E-state index is 0.0361. The standard InChI is InChI=1S/C34H22N2O5.CH2O2.CH4O/c1-19-14-32(34(40)41)36-30-12-10-24(15-27(19)30)22-6-2-20(3-7-22)21-4-8-23(9-5-21)25-11-13-31-28(16-25)29(33(38)39)17-26(18-37)35-31;2-1-3;1-2/h2-18H,1H3,(H,38,39)(H,40,41);1H,(H,2,3);2H,1H3. The van der Waals surface area contributed by atoms with E-state index in [0.29, 0.717) is 22.7 Å². The molecule has 0 saturated heterocycles. The zero-order valence-electron chi connectivity index (χ0n) is 24.7. The van der Waals surface area contributed by atoms with Crippen molar-refractivity contribution in [2.45, 2.75) is 6.92 Å². The first-order chi connectivity index (χ1) is 22.2. The molecule has 0 spiro atoms. The van der Waals surface area contributed by atoms with Gasteiger partial charge in [0, 0.05) is 17.9 Å². The van der Waals surface area contributed by atoms with Crippen LogP contribution in [0.15, 0.2) is 97.1 Å². The van der Waals surface area contributed by atoms with Gasteiger partial charge < -0.3 is 20.4 Å². The zero-order valence-corrected chi connectivity index (χ0v) is 24.7. The van der Waals surface area contributed by atoms with Crippen LogP contribution in [0.4, 0.5) is 0 Å². The van der Waals surface area contributed by atoms with Gasteiger partial charge in [-0.15, -0.1) is 0 Å². The van der Waals surface area contributed by atoms with Gasteiger partial charge in [-0.05, 0) is 82.3 Å². The maximum Gasteiger partial charge on any atom is 0.354 e. The molecule has 6 rings (SSSR count). The van der Waals surface area contributed by atoms with Crippen LogP contribution >= 0.6 is 0 Å². The Morgan fingerprint density at radius 2 is 1.00 bits per heavy atom. The fourth-order valence-electron chi connectivity index (χ4n) is 5.06. The molecule has 0 fully saturated rings. The Morgan fingerprint density at radius 1 is 0.587 bits per heavy atom. The molecule has 46 heavy (non-hydrogen) atoms. The average Bonchev–Trinajstić information content (AvgIpc) is 3.08. The van der Waals surface area contributed by atoms with Crippen LogP contribution in [0, 0.1) is 6.92 Å². The maximum absolute atomic E-state index is 11.8. The number of carboxylic acids is 2. The predicted molar refractivity (Wildman–Crippen MR) is 174 cm³/mol. The van der Waals surface area contributed by atoms with Gasteiger partial charge in [0.05, 0.1) is 16.6 Å². The molecular weight excluding hydrogens is 588 g/mol. The fraction of sp³-hybridized carbons (Fsp3) is 0.0556. The van der Waals surface area contributed by atoms with Gasteiger partial charge in [0.1, 0.15) is 11.4 Å². The molecule has 10 heteroatoms. The molecule has 6 aromatic rings. The maximum atomic E-state index is 11.8. The number of carbonyl (C=O) groups excluding carboxylic acids is 1. The second-order valence-electron chi connectivity index (χ2n) is 9.87. The van der Waals surface area contributed by atoms with Crippen LogP contribution in [0.5, 0.6) is 0 Å². The molecule has 4 aromatic carbocycles. The van der Waals surface area contributed by atoms with E-state index < -0.39 is 11.9 Å². The third kappa shape index (κ3) is 6.93. The van der Waals surface area contributed by atoms with E-state index in [0.717, 1.165) is 51.4 Å². The number of pyridine rings is 2. The van der Waals surface area contributed by atoms with Crippen LogP contribution in [0.2, 0.25) is 0 Å². The summed E-state index contributed by atoms with van der Waals surface area (Å²) in [6.45, 7) is 1.64. The summed E-state index contributed by atoms with van der Waals surface area (Å²) in [5.41, 5.74) is 8.02. The molecule has 230 valence electrons. The van der Waals surface area contributed by atoms with E-state index >= 15 is 0 Å². The lowest BCUT2D eigenvalue weighted by Crippen LogP contribution is -2.01. The van der Waals surface area contributed by atoms with E-state index in [1.807, 2.05) is 55.5 Å². The fourth-order valence-corrected chi connectivity index (χ4v) is 5.06. The summed E-state index contributed by atoms with van der Waals surface area (Å²) in [5, 5.41) is 34.2. The van der Waals surface area contributed by atoms with Crippen LogP contribution in [-0.4, -0.2) is 62.2 Å². The number of aldehydes is 1. The van der Waals surface area contributed by atoms with Gasteiger partial charge in [0.2, 0.25) is 0 Å². The lowest BCUT2D eigenvalue weighted by Gasteiger charge is -2.10. The molecule has 0 bridgehead atoms. The topological polar surface area (TPSA) is 175 Å². The van der Waals surface area contributed by atoms with Crippen molar-refractivity contribution in [2.24, 2.45) is 0 Å². The van der Waals surface area contributed by atoms with Crippen LogP contribution in [-0.2, 0) is 4.79 Å². The first-order valence-electron chi connectivity index (χ1n) is 13.7. The molecule has 2 aromatic heterocycles. The Bertz CT molecular complexity index is 2070. The molecule has 0 radical (unpaired) electrons. The molecular formula is C36H28N2O8. The van der Waals surface area contributed by atoms with E-state index in [-0.39, 0.29) is 23.4 Å². The number of hydrogen-bond acceptors (Lipinski definition) is 7. The van der Waals surface area contributed by atoms with Crippen molar-refractivity contribution in [1.29, 1.82) is 0 Å². The second kappa shape index (κ2) is 14.5. The number of hydrogen-bond donors (Lipinski definition) is 4. The summed E-state index contributed by atoms with van der Waals surface area (Å²) < 4.78 is 0. The molecule has 2 heterocycles. The van der Waals surface area contributed by atoms with Gasteiger partial charge in [-0.3, -0.25) is 9.59 Å². The smallest absolute Gasteiger partial charge is 0.354 e. The molecule has 0 unspecified atom stereocenters. The minimum atomic E-state index is -1.11. The van der Waals surface area contributed by atoms with Gasteiger partial charge in [-0.1, -0.05) is 60.7 Å². The van der Waals surface area contributed by atoms with Crippen LogP contribution < -0.4 is 0 Å². The monoisotopic (exact) mass is 616 g/mol. The highest BCUT2D eigenvalue weighted by molar-refractivity contribution is 6.05. The van der Waals surface area contributed by atoms with Crippen molar-refractivity contribution in [3.05, 3.63) is 120 Å². The lowest BCUT2D eigenvalue weighted by atomic mass is 9.96. The summed E-state index contributed by atoms with van der Waals surface area (Å²) in [4.78, 5) is 51.1. The van der Waals surface area contributed by atoms with E-state index in [2.05, 4.69) is 34.2 Å². The number of aromatic carboxylic acids is 2. The quantitative estimate of drug-likeness (QED) is 0.149. The van der Waals surface area contributed by atoms with Crippen molar-refractivity contribution in [2.75, 3.05) is 7.11 Å². The number of rotatable bonds is 6. The van der Waals surface area contributed by atoms with Gasteiger partial charge >= 0.3 is 11.9 Å². The van der Waals surface area contributed by atoms with Crippen LogP contribution in [0.25, 0.3) is 55.2 Å². The first kappa shape index (κ1) is 32.6. The second-order valence-corrected chi connectivity index (χ2v) is 9.87. The van der Waals surface area contributed by atoms with E-state index in [4.69, 9.17) is 15.0 Å². The summed E-state index contributed by atoms with van der Waals surface area (Å²) in [5.74, 6) is -2.15. The van der Waals surface area contributed by atoms with Gasteiger partial charge in [0.25, 0.3) is 6.47 Å². The Hall–Kier alpha value is -6.26. The summed E-state index contributed by atoms with van der Waals surface area (Å²) in [6.07, 6.45) is 0.545. The van der Waals surface area contributed by atoms with Gasteiger partial charge in [0.15, 0.2) is 6.29 Å². The average molecular weight is 617 g/mol. The van der Waals surface area contributed by atoms with Gasteiger partial charge in [-0.25, -0.2) is 19.6 Å². The number of fused-ring (bicyclic) bond motifs is 2. The molecule has 10 nitrogen and oxygen atoms in total. The van der Waals surface area contributed by atoms with E-state index in [1.54, 1.807) is 18.2 Å². The molecule has 4 N–H and O–H groups in total. The molecule has 0 atom stereocenters. The first-order valence-corrected chi connectivity index (χ1v) is 13.7. The third-order valence-electron chi connectivity index (χ3n) is 7.18. The highest BCUT2D eigenvalue weighted by Crippen LogP contribution is 2.31. The summed E-state index contributed by atoms with van der Waals surface area (Å²) in [6, 6.07) is 30.3. The Labute approximate surface area is 262 Å². The van der Waals surface area contributed by atoms with Crippen molar-refractivity contribution in [3.8, 4) is 33.4 Å². The number of nitrogens with zero attached hydrogens (tertiary/aromatic N) is 2. The van der Waals surface area contributed by atoms with Crippen molar-refractivity contribution < 1.29 is 39.6 Å². The van der Waals surface area contributed by atoms with E-state index in [9.17, 15) is 24.6 Å². The molecule has 0 aliphatic heterocycles. The third-order valence-corrected chi connectivity index (χ3v) is 7.18. The van der Waals surface area contributed by atoms with Crippen molar-refractivity contribution in [1.82, 2.24) is 9.97 Å². The van der Waals surface area contributed by atoms with Crippen LogP contribution in [0.1, 0.15) is 36.9 Å². The molecule has 0 saturated carbocycles. The predicted octanol–water partition coefficient (Wildman–Crippen LogP) is 6.61. The molecule has 0 aliphatic rings. The summed E-state index contributed by atoms with van der Waals surface area (Å²) in [7, 11) is 1.00. The summed E-state index contributed by atoms with van der Waals surface area (Å²) >= 11 is 0. The lowest BCUT2D eigenvalue weighted by molar-refractivity contribution is -0.122. The largest absolute Gasteiger partial charge is 0.483 e. The van der Waals surface area contributed by atoms with E-state index in [1.165, 1.54) is 6.07 Å². The number of aliphatic hydroxyl groups excluding tert-OH is 1. The Balaban J connectivity index is 0.000000908. The SMILES string of the molecule is CO.Cc1cc(C(=O)O)nc2ccc(-c3ccc(-c4ccc(-c5ccc6nc(C=O)cc(C(=O)O)c6c5)cc4)cc3)cc12.O=CO. The zero-order chi connectivity index (χ0) is 33.4.